The Hall–Kier alpha value is -2.71. The average Bonchev–Trinajstić information content (AvgIpc) is 2.98. The molecule has 0 unspecified atom stereocenters. The first-order valence-electron chi connectivity index (χ1n) is 10.4. The minimum absolute atomic E-state index is 0.0635. The van der Waals surface area contributed by atoms with Crippen molar-refractivity contribution in [3.8, 4) is 0 Å². The minimum atomic E-state index is -3.97. The number of ether oxygens (including phenoxy) is 1. The fourth-order valence-electron chi connectivity index (χ4n) is 3.98. The summed E-state index contributed by atoms with van der Waals surface area (Å²) < 4.78 is 34.7. The summed E-state index contributed by atoms with van der Waals surface area (Å²) in [5.41, 5.74) is 2.48. The number of esters is 1. The van der Waals surface area contributed by atoms with Crippen molar-refractivity contribution in [2.24, 2.45) is 4.40 Å². The van der Waals surface area contributed by atoms with Crippen molar-refractivity contribution in [3.05, 3.63) is 57.6 Å². The van der Waals surface area contributed by atoms with Crippen LogP contribution in [0.2, 0.25) is 5.02 Å². The van der Waals surface area contributed by atoms with Crippen LogP contribution in [0.15, 0.2) is 39.6 Å². The van der Waals surface area contributed by atoms with Crippen LogP contribution < -0.4 is 4.90 Å². The largest absolute Gasteiger partial charge is 0.454 e. The highest BCUT2D eigenvalue weighted by molar-refractivity contribution is 7.90. The molecule has 2 heterocycles. The second-order valence-electron chi connectivity index (χ2n) is 8.06. The summed E-state index contributed by atoms with van der Waals surface area (Å²) >= 11 is 6.35. The number of carbonyl (C=O) groups is 2. The van der Waals surface area contributed by atoms with E-state index in [4.69, 9.17) is 16.3 Å². The number of hydrogen-bond acceptors (Lipinski definition) is 6. The molecule has 0 spiro atoms. The zero-order valence-corrected chi connectivity index (χ0v) is 19.4. The molecule has 0 radical (unpaired) electrons. The maximum Gasteiger partial charge on any atom is 0.340 e. The molecule has 9 heteroatoms. The molecule has 2 aromatic carbocycles. The van der Waals surface area contributed by atoms with E-state index >= 15 is 0 Å². The van der Waals surface area contributed by atoms with Gasteiger partial charge in [-0.15, -0.1) is 4.40 Å². The first-order chi connectivity index (χ1) is 15.2. The van der Waals surface area contributed by atoms with Gasteiger partial charge in [-0.3, -0.25) is 4.79 Å². The van der Waals surface area contributed by atoms with Gasteiger partial charge in [0.25, 0.3) is 10.0 Å². The van der Waals surface area contributed by atoms with E-state index in [1.54, 1.807) is 13.0 Å². The molecule has 7 nitrogen and oxygen atoms in total. The van der Waals surface area contributed by atoms with E-state index in [1.807, 2.05) is 24.0 Å². The van der Waals surface area contributed by atoms with E-state index in [0.29, 0.717) is 30.1 Å². The Morgan fingerprint density at radius 2 is 1.88 bits per heavy atom. The van der Waals surface area contributed by atoms with Gasteiger partial charge >= 0.3 is 5.97 Å². The van der Waals surface area contributed by atoms with Crippen LogP contribution in [0.25, 0.3) is 0 Å². The lowest BCUT2D eigenvalue weighted by Gasteiger charge is -2.30. The summed E-state index contributed by atoms with van der Waals surface area (Å²) in [5.74, 6) is -0.710. The van der Waals surface area contributed by atoms with Gasteiger partial charge in [0, 0.05) is 18.5 Å². The predicted molar refractivity (Wildman–Crippen MR) is 122 cm³/mol. The molecule has 168 valence electrons. The quantitative estimate of drug-likeness (QED) is 0.479. The molecule has 2 aliphatic rings. The third-order valence-electron chi connectivity index (χ3n) is 5.68. The van der Waals surface area contributed by atoms with E-state index in [2.05, 4.69) is 4.40 Å². The van der Waals surface area contributed by atoms with E-state index in [-0.39, 0.29) is 21.3 Å². The summed E-state index contributed by atoms with van der Waals surface area (Å²) in [6.07, 6.45) is 3.32. The topological polar surface area (TPSA) is 93.1 Å². The zero-order chi connectivity index (χ0) is 23.0. The van der Waals surface area contributed by atoms with E-state index in [9.17, 15) is 18.0 Å². The fourth-order valence-corrected chi connectivity index (χ4v) is 5.48. The van der Waals surface area contributed by atoms with Crippen LogP contribution in [-0.4, -0.2) is 39.2 Å². The first-order valence-corrected chi connectivity index (χ1v) is 12.2. The Labute approximate surface area is 192 Å². The third-order valence-corrected chi connectivity index (χ3v) is 7.33. The number of benzene rings is 2. The number of hydrogen-bond donors (Lipinski definition) is 0. The number of ketones is 1. The monoisotopic (exact) mass is 474 g/mol. The summed E-state index contributed by atoms with van der Waals surface area (Å²) in [6.45, 7) is 3.83. The van der Waals surface area contributed by atoms with Crippen molar-refractivity contribution >= 4 is 44.9 Å². The molecule has 2 aromatic rings. The molecule has 0 atom stereocenters. The van der Waals surface area contributed by atoms with Gasteiger partial charge in [0.1, 0.15) is 10.7 Å². The van der Waals surface area contributed by atoms with Crippen LogP contribution in [0.1, 0.15) is 57.5 Å². The van der Waals surface area contributed by atoms with Gasteiger partial charge in [0.05, 0.1) is 16.3 Å². The van der Waals surface area contributed by atoms with Crippen molar-refractivity contribution in [1.29, 1.82) is 0 Å². The Morgan fingerprint density at radius 3 is 2.66 bits per heavy atom. The molecule has 1 saturated heterocycles. The van der Waals surface area contributed by atoms with Gasteiger partial charge in [-0.25, -0.2) is 4.79 Å². The van der Waals surface area contributed by atoms with E-state index in [0.717, 1.165) is 30.4 Å². The molecule has 0 aliphatic carbocycles. The molecule has 0 saturated carbocycles. The van der Waals surface area contributed by atoms with Crippen LogP contribution in [0.5, 0.6) is 0 Å². The molecule has 32 heavy (non-hydrogen) atoms. The number of nitrogens with zero attached hydrogens (tertiary/aromatic N) is 2. The van der Waals surface area contributed by atoms with Gasteiger partial charge in [-0.2, -0.15) is 8.42 Å². The van der Waals surface area contributed by atoms with E-state index < -0.39 is 22.6 Å². The Bertz CT molecular complexity index is 1250. The number of Topliss-reactive ketones (excluding diaryl/α,β-unsaturated/α-hetero) is 1. The number of halogens is 1. The number of carbonyl (C=O) groups excluding carboxylic acids is 2. The Kier molecular flexibility index (Phi) is 6.09. The highest BCUT2D eigenvalue weighted by Gasteiger charge is 2.33. The van der Waals surface area contributed by atoms with Crippen molar-refractivity contribution < 1.29 is 22.7 Å². The van der Waals surface area contributed by atoms with E-state index in [1.165, 1.54) is 12.1 Å². The lowest BCUT2D eigenvalue weighted by Crippen LogP contribution is -2.35. The first kappa shape index (κ1) is 22.5. The molecule has 0 aromatic heterocycles. The maximum absolute atomic E-state index is 12.8. The average molecular weight is 475 g/mol. The highest BCUT2D eigenvalue weighted by atomic mass is 35.5. The minimum Gasteiger partial charge on any atom is -0.454 e. The van der Waals surface area contributed by atoms with Crippen molar-refractivity contribution in [1.82, 2.24) is 0 Å². The number of amidine groups is 1. The second kappa shape index (κ2) is 8.67. The number of sulfonamides is 1. The highest BCUT2D eigenvalue weighted by Crippen LogP contribution is 2.38. The van der Waals surface area contributed by atoms with Gasteiger partial charge < -0.3 is 9.64 Å². The molecular formula is C23H23ClN2O5S. The van der Waals surface area contributed by atoms with Crippen molar-refractivity contribution in [2.45, 2.75) is 44.4 Å². The molecule has 2 aliphatic heterocycles. The Balaban J connectivity index is 1.60. The normalized spacial score (nSPS) is 17.0. The zero-order valence-electron chi connectivity index (χ0n) is 17.9. The molecule has 0 N–H and O–H groups in total. The molecule has 0 amide bonds. The standard InChI is InChI=1S/C23H23ClN2O5S/c1-14-7-8-15(2)16(10-14)20(27)13-31-23(28)17-11-21-19(12-18(17)24)26-9-5-3-4-6-22(26)25-32(21,29)30/h7-8,10-12H,3-6,9,13H2,1-2H3. The number of anilines is 1. The van der Waals surface area contributed by atoms with Gasteiger partial charge in [-0.05, 0) is 50.5 Å². The Morgan fingerprint density at radius 1 is 1.09 bits per heavy atom. The number of aryl methyl sites for hydroxylation is 2. The smallest absolute Gasteiger partial charge is 0.340 e. The lowest BCUT2D eigenvalue weighted by molar-refractivity contribution is 0.0474. The second-order valence-corrected chi connectivity index (χ2v) is 10.0. The third kappa shape index (κ3) is 4.29. The number of rotatable bonds is 4. The van der Waals surface area contributed by atoms with Gasteiger partial charge in [0.2, 0.25) is 5.78 Å². The van der Waals surface area contributed by atoms with Gasteiger partial charge in [-0.1, -0.05) is 35.7 Å². The molecule has 1 fully saturated rings. The van der Waals surface area contributed by atoms with Gasteiger partial charge in [0.15, 0.2) is 6.61 Å². The summed E-state index contributed by atoms with van der Waals surface area (Å²) in [6, 6.07) is 8.12. The van der Waals surface area contributed by atoms with Crippen LogP contribution >= 0.6 is 11.6 Å². The van der Waals surface area contributed by atoms with Crippen molar-refractivity contribution in [2.75, 3.05) is 18.1 Å². The molecule has 4 rings (SSSR count). The summed E-state index contributed by atoms with van der Waals surface area (Å²) in [4.78, 5) is 27.0. The van der Waals surface area contributed by atoms with Crippen LogP contribution in [-0.2, 0) is 14.8 Å². The maximum atomic E-state index is 12.8. The van der Waals surface area contributed by atoms with Crippen LogP contribution in [0.3, 0.4) is 0 Å². The lowest BCUT2D eigenvalue weighted by atomic mass is 10.0. The fraction of sp³-hybridized carbons (Fsp3) is 0.348. The predicted octanol–water partition coefficient (Wildman–Crippen LogP) is 4.48. The number of fused-ring (bicyclic) bond motifs is 3. The van der Waals surface area contributed by atoms with Crippen molar-refractivity contribution in [3.63, 3.8) is 0 Å². The van der Waals surface area contributed by atoms with Crippen LogP contribution in [0.4, 0.5) is 5.69 Å². The molecule has 0 bridgehead atoms. The van der Waals surface area contributed by atoms with Crippen LogP contribution in [0, 0.1) is 13.8 Å². The SMILES string of the molecule is Cc1ccc(C)c(C(=O)COC(=O)c2cc3c(cc2Cl)N2CCCCCC2=NS3(=O)=O)c1. The summed E-state index contributed by atoms with van der Waals surface area (Å²) in [7, 11) is -3.97. The summed E-state index contributed by atoms with van der Waals surface area (Å²) in [5, 5.41) is 0.0635. The molecular weight excluding hydrogens is 452 g/mol.